The highest BCUT2D eigenvalue weighted by molar-refractivity contribution is 5.80. The molecular weight excluding hydrogens is 981 g/mol. The van der Waals surface area contributed by atoms with Gasteiger partial charge in [-0.05, 0) is 208 Å². The van der Waals surface area contributed by atoms with Crippen LogP contribution in [0.15, 0.2) is 91.5 Å². The van der Waals surface area contributed by atoms with Crippen molar-refractivity contribution < 1.29 is 0 Å². The van der Waals surface area contributed by atoms with Gasteiger partial charge in [-0.1, -0.05) is 18.2 Å². The Hall–Kier alpha value is -8.50. The van der Waals surface area contributed by atoms with Crippen molar-refractivity contribution in [2.24, 2.45) is 0 Å². The molecule has 0 fully saturated rings. The van der Waals surface area contributed by atoms with Gasteiger partial charge in [0.2, 0.25) is 0 Å². The molecule has 10 heterocycles. The molecule has 0 bridgehead atoms. The molecule has 0 N–H and O–H groups in total. The fourth-order valence-electron chi connectivity index (χ4n) is 11.6. The van der Waals surface area contributed by atoms with E-state index < -0.39 is 0 Å². The van der Waals surface area contributed by atoms with E-state index in [1.807, 2.05) is 36.9 Å². The van der Waals surface area contributed by atoms with Crippen LogP contribution in [0.2, 0.25) is 0 Å². The minimum Gasteiger partial charge on any atom is -0.260 e. The van der Waals surface area contributed by atoms with Crippen molar-refractivity contribution in [1.82, 2.24) is 49.8 Å². The van der Waals surface area contributed by atoms with Gasteiger partial charge in [-0.15, -0.1) is 0 Å². The summed E-state index contributed by atoms with van der Waals surface area (Å²) < 4.78 is 0. The minimum absolute atomic E-state index is 0.881. The van der Waals surface area contributed by atoms with Crippen molar-refractivity contribution in [3.05, 3.63) is 233 Å². The number of hydrogen-bond donors (Lipinski definition) is 0. The number of aromatic nitrogens is 10. The van der Waals surface area contributed by atoms with Crippen molar-refractivity contribution in [1.29, 1.82) is 0 Å². The Labute approximate surface area is 471 Å². The molecule has 0 spiro atoms. The average molecular weight is 1050 g/mol. The highest BCUT2D eigenvalue weighted by Crippen LogP contribution is 2.41. The largest absolute Gasteiger partial charge is 0.260 e. The van der Waals surface area contributed by atoms with Crippen molar-refractivity contribution in [3.63, 3.8) is 0 Å². The van der Waals surface area contributed by atoms with E-state index in [0.717, 1.165) is 89.0 Å². The van der Waals surface area contributed by atoms with Crippen LogP contribution in [0.1, 0.15) is 141 Å². The molecule has 0 atom stereocenters. The second kappa shape index (κ2) is 21.3. The molecule has 10 aromatic rings. The van der Waals surface area contributed by atoms with Crippen LogP contribution in [-0.2, 0) is 32.1 Å². The molecule has 0 aromatic carbocycles. The monoisotopic (exact) mass is 1050 g/mol. The van der Waals surface area contributed by atoms with E-state index in [1.165, 1.54) is 140 Å². The molecule has 5 aliphatic rings. The number of aryl methyl sites for hydroxylation is 13. The molecule has 10 nitrogen and oxygen atoms in total. The summed E-state index contributed by atoms with van der Waals surface area (Å²) in [6, 6.07) is 23.8. The fraction of sp³-hybridized carbons (Fsp3) is 0.286. The smallest absolute Gasteiger partial charge is 0.0759 e. The first kappa shape index (κ1) is 53.5. The number of fused-ring (bicyclic) bond motifs is 15. The second-order valence-electron chi connectivity index (χ2n) is 22.5. The highest BCUT2D eigenvalue weighted by atomic mass is 14.8. The Morgan fingerprint density at radius 2 is 0.725 bits per heavy atom. The van der Waals surface area contributed by atoms with Gasteiger partial charge in [-0.25, -0.2) is 0 Å². The lowest BCUT2D eigenvalue weighted by Crippen LogP contribution is -1.97. The van der Waals surface area contributed by atoms with Gasteiger partial charge in [0, 0.05) is 141 Å². The second-order valence-corrected chi connectivity index (χ2v) is 22.5. The maximum Gasteiger partial charge on any atom is 0.0759 e. The lowest BCUT2D eigenvalue weighted by atomic mass is 9.99. The van der Waals surface area contributed by atoms with Crippen molar-refractivity contribution >= 4 is 0 Å². The average Bonchev–Trinajstić information content (AvgIpc) is 4.26. The molecule has 15 rings (SSSR count). The standard InChI is InChI=1S/C15H16N2.3C14H14N2.C13H12N2/c1-8-5-12-7-14-13(15(12)17-11(8)4)6-9(2)10(3)16-14;1-8-4-11-12-5-9(2)10(3)16-14(12)6-13(11)15-7-8;1-8-4-5-15-13-7-12-11(14(8)13)6-9(2)10(3)16-12;1-8-9(2)14-11-5-4-6-15-12(11)7-13(14)16-10(8)3;1-8-6-11-10-4-3-5-14-12(10)7-13(11)15-9(8)2/h5-6H,7H2,1-4H3;4-5,7H,6H2,1-3H3;2*4-6H,7H2,1-3H3;3-6H,7H2,1-2H3. The molecule has 0 aliphatic heterocycles. The van der Waals surface area contributed by atoms with Crippen LogP contribution in [0.5, 0.6) is 0 Å². The Kier molecular flexibility index (Phi) is 14.2. The van der Waals surface area contributed by atoms with E-state index in [-0.39, 0.29) is 0 Å². The predicted octanol–water partition coefficient (Wildman–Crippen LogP) is 14.9. The van der Waals surface area contributed by atoms with Gasteiger partial charge >= 0.3 is 0 Å². The SMILES string of the molecule is Cc1cc2c(nc1C)Cc1cc(C)c(C)nc1-2.Cc1cc2c(nc1C)Cc1nccc(C)c1-2.Cc1cc2c(nc1C)Cc1ncccc1-2.Cc1cnc2c(c1)-c1cc(C)c(C)nc1C2.Cc1nc2c(c(C)c1C)-c1cccnc1C2. The van der Waals surface area contributed by atoms with Gasteiger partial charge in [0.15, 0.2) is 0 Å². The lowest BCUT2D eigenvalue weighted by molar-refractivity contribution is 1.01. The Bertz CT molecular complexity index is 4110. The molecule has 10 aromatic heterocycles. The maximum atomic E-state index is 4.73. The number of pyridine rings is 10. The normalized spacial score (nSPS) is 12.4. The first-order valence-electron chi connectivity index (χ1n) is 27.9. The van der Waals surface area contributed by atoms with E-state index >= 15 is 0 Å². The maximum absolute atomic E-state index is 4.73. The van der Waals surface area contributed by atoms with Crippen LogP contribution in [-0.4, -0.2) is 49.8 Å². The third-order valence-corrected chi connectivity index (χ3v) is 17.0. The van der Waals surface area contributed by atoms with Gasteiger partial charge < -0.3 is 0 Å². The molecule has 0 saturated heterocycles. The summed E-state index contributed by atoms with van der Waals surface area (Å²) in [5.41, 5.74) is 42.7. The zero-order valence-electron chi connectivity index (χ0n) is 49.2. The predicted molar refractivity (Wildman–Crippen MR) is 322 cm³/mol. The third kappa shape index (κ3) is 10.0. The molecule has 0 amide bonds. The van der Waals surface area contributed by atoms with Crippen LogP contribution < -0.4 is 0 Å². The topological polar surface area (TPSA) is 129 Å². The van der Waals surface area contributed by atoms with Crippen LogP contribution in [0.25, 0.3) is 55.8 Å². The summed E-state index contributed by atoms with van der Waals surface area (Å²) in [6.45, 7) is 31.6. The zero-order chi connectivity index (χ0) is 56.4. The van der Waals surface area contributed by atoms with Gasteiger partial charge in [-0.2, -0.15) is 0 Å². The van der Waals surface area contributed by atoms with E-state index in [0.29, 0.717) is 0 Å². The summed E-state index contributed by atoms with van der Waals surface area (Å²) in [5.74, 6) is 0. The molecule has 10 heteroatoms. The van der Waals surface area contributed by atoms with Gasteiger partial charge in [-0.3, -0.25) is 49.8 Å². The summed E-state index contributed by atoms with van der Waals surface area (Å²) in [7, 11) is 0. The lowest BCUT2D eigenvalue weighted by Gasteiger charge is -2.10. The van der Waals surface area contributed by atoms with Crippen LogP contribution in [0.4, 0.5) is 0 Å². The summed E-state index contributed by atoms with van der Waals surface area (Å²) in [6.07, 6.45) is 12.0. The van der Waals surface area contributed by atoms with Crippen molar-refractivity contribution in [3.8, 4) is 55.8 Å². The summed E-state index contributed by atoms with van der Waals surface area (Å²) >= 11 is 0. The molecular formula is C70H70N10. The van der Waals surface area contributed by atoms with Crippen LogP contribution in [0.3, 0.4) is 0 Å². The molecule has 0 unspecified atom stereocenters. The molecule has 0 saturated carbocycles. The van der Waals surface area contributed by atoms with Crippen molar-refractivity contribution in [2.45, 2.75) is 136 Å². The Morgan fingerprint density at radius 3 is 1.35 bits per heavy atom. The number of nitrogens with zero attached hydrogens (tertiary/aromatic N) is 10. The summed E-state index contributed by atoms with van der Waals surface area (Å²) in [5, 5.41) is 0. The van der Waals surface area contributed by atoms with Crippen molar-refractivity contribution in [2.75, 3.05) is 0 Å². The molecule has 5 aliphatic carbocycles. The first-order valence-corrected chi connectivity index (χ1v) is 27.9. The molecule has 0 radical (unpaired) electrons. The first-order chi connectivity index (χ1) is 38.3. The Morgan fingerprint density at radius 1 is 0.287 bits per heavy atom. The van der Waals surface area contributed by atoms with E-state index in [2.05, 4.69) is 203 Å². The summed E-state index contributed by atoms with van der Waals surface area (Å²) in [4.78, 5) is 45.8. The zero-order valence-corrected chi connectivity index (χ0v) is 49.2. The van der Waals surface area contributed by atoms with E-state index in [9.17, 15) is 0 Å². The quantitative estimate of drug-likeness (QED) is 0.145. The van der Waals surface area contributed by atoms with Gasteiger partial charge in [0.05, 0.1) is 56.9 Å². The Balaban J connectivity index is 0.000000106. The number of hydrogen-bond acceptors (Lipinski definition) is 10. The minimum atomic E-state index is 0.881. The van der Waals surface area contributed by atoms with Gasteiger partial charge in [0.1, 0.15) is 0 Å². The van der Waals surface area contributed by atoms with Crippen LogP contribution in [0, 0.1) is 104 Å². The van der Waals surface area contributed by atoms with E-state index in [4.69, 9.17) is 4.98 Å². The number of rotatable bonds is 0. The van der Waals surface area contributed by atoms with Gasteiger partial charge in [0.25, 0.3) is 0 Å². The molecule has 400 valence electrons. The highest BCUT2D eigenvalue weighted by Gasteiger charge is 2.27. The van der Waals surface area contributed by atoms with E-state index in [1.54, 1.807) is 0 Å². The third-order valence-electron chi connectivity index (χ3n) is 17.0. The van der Waals surface area contributed by atoms with Crippen LogP contribution >= 0.6 is 0 Å². The fourth-order valence-corrected chi connectivity index (χ4v) is 11.6. The molecule has 80 heavy (non-hydrogen) atoms.